The van der Waals surface area contributed by atoms with Crippen LogP contribution in [0.3, 0.4) is 0 Å². The number of aryl methyl sites for hydroxylation is 1. The summed E-state index contributed by atoms with van der Waals surface area (Å²) in [6.45, 7) is 6.09. The molecule has 0 aliphatic carbocycles. The van der Waals surface area contributed by atoms with Crippen molar-refractivity contribution in [3.8, 4) is 5.88 Å². The van der Waals surface area contributed by atoms with Crippen LogP contribution in [0, 0.1) is 6.92 Å². The number of methoxy groups -OCH3 is 1. The quantitative estimate of drug-likeness (QED) is 0.863. The molecular weight excluding hydrogens is 260 g/mol. The summed E-state index contributed by atoms with van der Waals surface area (Å²) in [5.41, 5.74) is 0.783. The molecule has 20 heavy (non-hydrogen) atoms. The number of carbonyl (C=O) groups excluding carboxylic acids is 1. The van der Waals surface area contributed by atoms with E-state index in [1.807, 2.05) is 6.92 Å². The molecule has 1 N–H and O–H groups in total. The molecule has 0 radical (unpaired) electrons. The normalized spacial score (nSPS) is 16.6. The first-order valence-electron chi connectivity index (χ1n) is 6.63. The molecule has 1 aliphatic heterocycles. The van der Waals surface area contributed by atoms with E-state index in [2.05, 4.69) is 15.3 Å². The van der Waals surface area contributed by atoms with Crippen molar-refractivity contribution in [3.63, 3.8) is 0 Å². The summed E-state index contributed by atoms with van der Waals surface area (Å²) >= 11 is 0. The Balaban J connectivity index is 2.01. The summed E-state index contributed by atoms with van der Waals surface area (Å²) in [7, 11) is 1.55. The number of hydrogen-bond donors (Lipinski definition) is 1. The number of morpholine rings is 1. The Morgan fingerprint density at radius 1 is 1.45 bits per heavy atom. The largest absolute Gasteiger partial charge is 0.481 e. The molecule has 0 aromatic carbocycles. The average Bonchev–Trinajstić information content (AvgIpc) is 2.46. The topological polar surface area (TPSA) is 76.6 Å². The van der Waals surface area contributed by atoms with E-state index in [-0.39, 0.29) is 11.9 Å². The first kappa shape index (κ1) is 14.5. The number of carbonyl (C=O) groups is 1. The van der Waals surface area contributed by atoms with Gasteiger partial charge in [-0.15, -0.1) is 0 Å². The second-order valence-corrected chi connectivity index (χ2v) is 4.68. The highest BCUT2D eigenvalue weighted by atomic mass is 16.5. The Kier molecular flexibility index (Phi) is 4.73. The van der Waals surface area contributed by atoms with E-state index in [1.54, 1.807) is 25.0 Å². The molecule has 1 aromatic heterocycles. The van der Waals surface area contributed by atoms with Crippen LogP contribution in [0.15, 0.2) is 6.07 Å². The van der Waals surface area contributed by atoms with E-state index in [4.69, 9.17) is 9.47 Å². The molecule has 2 rings (SSSR count). The van der Waals surface area contributed by atoms with Gasteiger partial charge >= 0.3 is 0 Å². The highest BCUT2D eigenvalue weighted by molar-refractivity contribution is 5.83. The number of amides is 1. The van der Waals surface area contributed by atoms with Gasteiger partial charge in [-0.3, -0.25) is 4.79 Å². The number of nitrogens with one attached hydrogen (secondary N) is 1. The van der Waals surface area contributed by atoms with Crippen LogP contribution in [-0.2, 0) is 9.53 Å². The van der Waals surface area contributed by atoms with E-state index in [1.165, 1.54) is 0 Å². The summed E-state index contributed by atoms with van der Waals surface area (Å²) in [4.78, 5) is 22.5. The number of nitrogens with zero attached hydrogens (tertiary/aromatic N) is 3. The van der Waals surface area contributed by atoms with E-state index in [9.17, 15) is 4.79 Å². The van der Waals surface area contributed by atoms with Crippen molar-refractivity contribution >= 4 is 11.9 Å². The first-order chi connectivity index (χ1) is 9.60. The fraction of sp³-hybridized carbons (Fsp3) is 0.615. The molecule has 0 bridgehead atoms. The van der Waals surface area contributed by atoms with Gasteiger partial charge in [0.15, 0.2) is 0 Å². The molecule has 2 heterocycles. The van der Waals surface area contributed by atoms with Gasteiger partial charge in [-0.05, 0) is 13.8 Å². The molecule has 0 saturated carbocycles. The molecule has 7 heteroatoms. The zero-order valence-corrected chi connectivity index (χ0v) is 12.0. The standard InChI is InChI=1S/C13H20N4O3/c1-9-8-11(19-3)16-13(14-9)15-10(2)12(18)17-4-6-20-7-5-17/h8,10H,4-7H2,1-3H3,(H,14,15,16). The van der Waals surface area contributed by atoms with Crippen LogP contribution < -0.4 is 10.1 Å². The minimum atomic E-state index is -0.389. The third-order valence-corrected chi connectivity index (χ3v) is 3.08. The van der Waals surface area contributed by atoms with Crippen molar-refractivity contribution in [2.45, 2.75) is 19.9 Å². The fourth-order valence-corrected chi connectivity index (χ4v) is 2.02. The minimum absolute atomic E-state index is 0.0253. The number of anilines is 1. The van der Waals surface area contributed by atoms with Gasteiger partial charge in [-0.2, -0.15) is 4.98 Å². The lowest BCUT2D eigenvalue weighted by Gasteiger charge is -2.29. The number of rotatable bonds is 4. The summed E-state index contributed by atoms with van der Waals surface area (Å²) in [6.07, 6.45) is 0. The fourth-order valence-electron chi connectivity index (χ4n) is 2.02. The maximum Gasteiger partial charge on any atom is 0.245 e. The molecule has 1 aliphatic rings. The van der Waals surface area contributed by atoms with Crippen molar-refractivity contribution in [2.24, 2.45) is 0 Å². The van der Waals surface area contributed by atoms with Crippen molar-refractivity contribution in [1.82, 2.24) is 14.9 Å². The molecule has 1 unspecified atom stereocenters. The average molecular weight is 280 g/mol. The van der Waals surface area contributed by atoms with Crippen molar-refractivity contribution in [2.75, 3.05) is 38.7 Å². The Morgan fingerprint density at radius 2 is 2.15 bits per heavy atom. The Bertz CT molecular complexity index is 475. The monoisotopic (exact) mass is 280 g/mol. The second kappa shape index (κ2) is 6.51. The highest BCUT2D eigenvalue weighted by Crippen LogP contribution is 2.12. The molecule has 1 amide bonds. The summed E-state index contributed by atoms with van der Waals surface area (Å²) in [6, 6.07) is 1.35. The van der Waals surface area contributed by atoms with Crippen LogP contribution in [0.4, 0.5) is 5.95 Å². The maximum absolute atomic E-state index is 12.3. The second-order valence-electron chi connectivity index (χ2n) is 4.68. The maximum atomic E-state index is 12.3. The zero-order chi connectivity index (χ0) is 14.5. The zero-order valence-electron chi connectivity index (χ0n) is 12.0. The van der Waals surface area contributed by atoms with Crippen LogP contribution in [-0.4, -0.2) is 60.2 Å². The van der Waals surface area contributed by atoms with E-state index < -0.39 is 0 Å². The highest BCUT2D eigenvalue weighted by Gasteiger charge is 2.23. The van der Waals surface area contributed by atoms with Gasteiger partial charge in [0.2, 0.25) is 17.7 Å². The number of hydrogen-bond acceptors (Lipinski definition) is 6. The van der Waals surface area contributed by atoms with Crippen LogP contribution in [0.5, 0.6) is 5.88 Å². The number of ether oxygens (including phenoxy) is 2. The Labute approximate surface area is 118 Å². The molecule has 1 aromatic rings. The van der Waals surface area contributed by atoms with E-state index >= 15 is 0 Å². The van der Waals surface area contributed by atoms with Gasteiger partial charge < -0.3 is 19.7 Å². The smallest absolute Gasteiger partial charge is 0.245 e. The summed E-state index contributed by atoms with van der Waals surface area (Å²) in [5.74, 6) is 0.902. The molecule has 110 valence electrons. The van der Waals surface area contributed by atoms with Crippen LogP contribution >= 0.6 is 0 Å². The lowest BCUT2D eigenvalue weighted by atomic mass is 10.2. The molecule has 1 fully saturated rings. The van der Waals surface area contributed by atoms with Gasteiger partial charge in [0.05, 0.1) is 20.3 Å². The Morgan fingerprint density at radius 3 is 2.80 bits per heavy atom. The van der Waals surface area contributed by atoms with Gasteiger partial charge in [-0.1, -0.05) is 0 Å². The third-order valence-electron chi connectivity index (χ3n) is 3.08. The van der Waals surface area contributed by atoms with E-state index in [0.717, 1.165) is 5.69 Å². The lowest BCUT2D eigenvalue weighted by Crippen LogP contribution is -2.47. The molecule has 7 nitrogen and oxygen atoms in total. The van der Waals surface area contributed by atoms with Crippen molar-refractivity contribution in [3.05, 3.63) is 11.8 Å². The molecule has 1 saturated heterocycles. The van der Waals surface area contributed by atoms with E-state index in [0.29, 0.717) is 38.1 Å². The van der Waals surface area contributed by atoms with Gasteiger partial charge in [0, 0.05) is 24.8 Å². The minimum Gasteiger partial charge on any atom is -0.481 e. The predicted molar refractivity (Wildman–Crippen MR) is 73.8 cm³/mol. The van der Waals surface area contributed by atoms with Gasteiger partial charge in [0.1, 0.15) is 6.04 Å². The molecule has 1 atom stereocenters. The summed E-state index contributed by atoms with van der Waals surface area (Å²) in [5, 5.41) is 3.02. The lowest BCUT2D eigenvalue weighted by molar-refractivity contribution is -0.135. The SMILES string of the molecule is COc1cc(C)nc(NC(C)C(=O)N2CCOCC2)n1. The predicted octanol–water partition coefficient (Wildman–Crippen LogP) is 0.453. The van der Waals surface area contributed by atoms with Crippen molar-refractivity contribution < 1.29 is 14.3 Å². The number of aromatic nitrogens is 2. The van der Waals surface area contributed by atoms with Crippen molar-refractivity contribution in [1.29, 1.82) is 0 Å². The third kappa shape index (κ3) is 3.57. The van der Waals surface area contributed by atoms with Crippen LogP contribution in [0.25, 0.3) is 0 Å². The molecular formula is C13H20N4O3. The van der Waals surface area contributed by atoms with Gasteiger partial charge in [-0.25, -0.2) is 4.98 Å². The van der Waals surface area contributed by atoms with Gasteiger partial charge in [0.25, 0.3) is 0 Å². The van der Waals surface area contributed by atoms with Crippen LogP contribution in [0.1, 0.15) is 12.6 Å². The van der Waals surface area contributed by atoms with Crippen LogP contribution in [0.2, 0.25) is 0 Å². The Hall–Kier alpha value is -1.89. The summed E-state index contributed by atoms with van der Waals surface area (Å²) < 4.78 is 10.3. The molecule has 0 spiro atoms. The first-order valence-corrected chi connectivity index (χ1v) is 6.63.